The number of thioether (sulfide) groups is 1. The minimum absolute atomic E-state index is 0.00948. The van der Waals surface area contributed by atoms with Crippen LogP contribution in [0, 0.1) is 6.92 Å². The zero-order valence-electron chi connectivity index (χ0n) is 12.3. The lowest BCUT2D eigenvalue weighted by atomic mass is 10.2. The van der Waals surface area contributed by atoms with Crippen LogP contribution in [-0.2, 0) is 10.5 Å². The lowest BCUT2D eigenvalue weighted by Crippen LogP contribution is -2.40. The predicted molar refractivity (Wildman–Crippen MR) is 81.8 cm³/mol. The van der Waals surface area contributed by atoms with Gasteiger partial charge in [-0.1, -0.05) is 16.9 Å². The molecule has 0 radical (unpaired) electrons. The Morgan fingerprint density at radius 2 is 2.23 bits per heavy atom. The van der Waals surface area contributed by atoms with Crippen LogP contribution < -0.4 is 0 Å². The summed E-state index contributed by atoms with van der Waals surface area (Å²) in [6, 6.07) is 5.50. The van der Waals surface area contributed by atoms with Gasteiger partial charge in [0.1, 0.15) is 10.8 Å². The molecule has 1 fully saturated rings. The third-order valence-corrected chi connectivity index (χ3v) is 4.37. The number of ether oxygens (including phenoxy) is 1. The van der Waals surface area contributed by atoms with Crippen LogP contribution in [0.3, 0.4) is 0 Å². The van der Waals surface area contributed by atoms with Crippen molar-refractivity contribution in [2.75, 3.05) is 26.3 Å². The van der Waals surface area contributed by atoms with Crippen molar-refractivity contribution < 1.29 is 14.1 Å². The molecule has 1 saturated heterocycles. The molecule has 0 unspecified atom stereocenters. The Kier molecular flexibility index (Phi) is 4.74. The number of pyridine rings is 1. The second-order valence-corrected chi connectivity index (χ2v) is 5.94. The molecule has 22 heavy (non-hydrogen) atoms. The first-order valence-corrected chi connectivity index (χ1v) is 8.09. The van der Waals surface area contributed by atoms with E-state index in [2.05, 4.69) is 10.1 Å². The number of carbonyl (C=O) groups is 1. The predicted octanol–water partition coefficient (Wildman–Crippen LogP) is 2.14. The summed E-state index contributed by atoms with van der Waals surface area (Å²) in [5.74, 6) is 1.41. The molecule has 0 atom stereocenters. The van der Waals surface area contributed by atoms with Crippen LogP contribution in [0.5, 0.6) is 0 Å². The average Bonchev–Trinajstić information content (AvgIpc) is 2.99. The number of rotatable bonds is 4. The first-order chi connectivity index (χ1) is 10.7. The fourth-order valence-electron chi connectivity index (χ4n) is 2.23. The van der Waals surface area contributed by atoms with Crippen LogP contribution in [0.2, 0.25) is 0 Å². The van der Waals surface area contributed by atoms with E-state index in [1.165, 1.54) is 11.8 Å². The van der Waals surface area contributed by atoms with E-state index in [0.717, 1.165) is 16.5 Å². The van der Waals surface area contributed by atoms with Gasteiger partial charge in [-0.25, -0.2) is 4.98 Å². The summed E-state index contributed by atoms with van der Waals surface area (Å²) in [6.45, 7) is 4.29. The molecular weight excluding hydrogens is 302 g/mol. The molecule has 3 heterocycles. The van der Waals surface area contributed by atoms with Crippen LogP contribution >= 0.6 is 11.8 Å². The van der Waals surface area contributed by atoms with Gasteiger partial charge in [-0.15, -0.1) is 0 Å². The third kappa shape index (κ3) is 3.48. The average molecular weight is 319 g/mol. The van der Waals surface area contributed by atoms with Gasteiger partial charge < -0.3 is 14.2 Å². The van der Waals surface area contributed by atoms with Crippen LogP contribution in [0.1, 0.15) is 21.8 Å². The van der Waals surface area contributed by atoms with Crippen molar-refractivity contribution in [1.29, 1.82) is 0 Å². The summed E-state index contributed by atoms with van der Waals surface area (Å²) < 4.78 is 10.3. The van der Waals surface area contributed by atoms with E-state index >= 15 is 0 Å². The summed E-state index contributed by atoms with van der Waals surface area (Å²) in [6.07, 6.45) is 1.70. The van der Waals surface area contributed by atoms with E-state index in [0.29, 0.717) is 37.6 Å². The fraction of sp³-hybridized carbons (Fsp3) is 0.400. The van der Waals surface area contributed by atoms with Crippen LogP contribution in [0.4, 0.5) is 0 Å². The maximum absolute atomic E-state index is 12.6. The van der Waals surface area contributed by atoms with Gasteiger partial charge in [0.25, 0.3) is 5.91 Å². The molecule has 6 nitrogen and oxygen atoms in total. The van der Waals surface area contributed by atoms with Crippen molar-refractivity contribution in [3.05, 3.63) is 41.4 Å². The summed E-state index contributed by atoms with van der Waals surface area (Å²) >= 11 is 1.49. The van der Waals surface area contributed by atoms with Crippen molar-refractivity contribution in [2.24, 2.45) is 0 Å². The monoisotopic (exact) mass is 319 g/mol. The van der Waals surface area contributed by atoms with Crippen molar-refractivity contribution in [3.63, 3.8) is 0 Å². The Morgan fingerprint density at radius 1 is 1.41 bits per heavy atom. The van der Waals surface area contributed by atoms with E-state index < -0.39 is 0 Å². The van der Waals surface area contributed by atoms with Gasteiger partial charge in [-0.2, -0.15) is 0 Å². The highest BCUT2D eigenvalue weighted by Crippen LogP contribution is 2.25. The Bertz CT molecular complexity index is 653. The molecule has 0 N–H and O–H groups in total. The number of hydrogen-bond acceptors (Lipinski definition) is 6. The number of hydrogen-bond donors (Lipinski definition) is 0. The van der Waals surface area contributed by atoms with Gasteiger partial charge in [0.05, 0.1) is 24.5 Å². The van der Waals surface area contributed by atoms with Gasteiger partial charge >= 0.3 is 0 Å². The highest BCUT2D eigenvalue weighted by Gasteiger charge is 2.21. The van der Waals surface area contributed by atoms with E-state index in [-0.39, 0.29) is 5.91 Å². The zero-order chi connectivity index (χ0) is 15.4. The summed E-state index contributed by atoms with van der Waals surface area (Å²) in [5, 5.41) is 4.68. The quantitative estimate of drug-likeness (QED) is 0.804. The Morgan fingerprint density at radius 3 is 2.95 bits per heavy atom. The molecule has 1 amide bonds. The molecule has 1 aliphatic rings. The molecule has 0 aromatic carbocycles. The maximum atomic E-state index is 12.6. The second kappa shape index (κ2) is 6.93. The summed E-state index contributed by atoms with van der Waals surface area (Å²) in [7, 11) is 0. The smallest absolute Gasteiger partial charge is 0.256 e. The molecule has 2 aromatic heterocycles. The largest absolute Gasteiger partial charge is 0.378 e. The lowest BCUT2D eigenvalue weighted by Gasteiger charge is -2.27. The standard InChI is InChI=1S/C15H17N3O3S/c1-11-9-12(17-21-11)10-22-14-13(3-2-4-16-14)15(19)18-5-7-20-8-6-18/h2-4,9H,5-8,10H2,1H3. The number of aryl methyl sites for hydroxylation is 1. The summed E-state index contributed by atoms with van der Waals surface area (Å²) in [5.41, 5.74) is 1.48. The van der Waals surface area contributed by atoms with Gasteiger partial charge in [-0.3, -0.25) is 4.79 Å². The molecule has 3 rings (SSSR count). The number of aromatic nitrogens is 2. The Hall–Kier alpha value is -1.86. The first-order valence-electron chi connectivity index (χ1n) is 7.11. The minimum Gasteiger partial charge on any atom is -0.378 e. The van der Waals surface area contributed by atoms with E-state index in [4.69, 9.17) is 9.26 Å². The topological polar surface area (TPSA) is 68.5 Å². The van der Waals surface area contributed by atoms with Crippen molar-refractivity contribution in [3.8, 4) is 0 Å². The SMILES string of the molecule is Cc1cc(CSc2ncccc2C(=O)N2CCOCC2)no1. The minimum atomic E-state index is 0.00948. The molecule has 7 heteroatoms. The number of nitrogens with zero attached hydrogens (tertiary/aromatic N) is 3. The van der Waals surface area contributed by atoms with E-state index in [9.17, 15) is 4.79 Å². The number of morpholine rings is 1. The highest BCUT2D eigenvalue weighted by molar-refractivity contribution is 7.98. The number of amides is 1. The molecule has 0 spiro atoms. The van der Waals surface area contributed by atoms with E-state index in [1.807, 2.05) is 24.0 Å². The van der Waals surface area contributed by atoms with Gasteiger partial charge in [0.15, 0.2) is 0 Å². The van der Waals surface area contributed by atoms with Crippen LogP contribution in [-0.4, -0.2) is 47.3 Å². The molecule has 0 aliphatic carbocycles. The molecular formula is C15H17N3O3S. The maximum Gasteiger partial charge on any atom is 0.256 e. The molecule has 0 saturated carbocycles. The first kappa shape index (κ1) is 15.1. The number of carbonyl (C=O) groups excluding carboxylic acids is 1. The highest BCUT2D eigenvalue weighted by atomic mass is 32.2. The van der Waals surface area contributed by atoms with Crippen LogP contribution in [0.25, 0.3) is 0 Å². The molecule has 0 bridgehead atoms. The van der Waals surface area contributed by atoms with Gasteiger partial charge in [0.2, 0.25) is 0 Å². The molecule has 116 valence electrons. The van der Waals surface area contributed by atoms with E-state index in [1.54, 1.807) is 12.3 Å². The van der Waals surface area contributed by atoms with Gasteiger partial charge in [-0.05, 0) is 19.1 Å². The third-order valence-electron chi connectivity index (χ3n) is 3.33. The Balaban J connectivity index is 1.72. The second-order valence-electron chi connectivity index (χ2n) is 4.98. The van der Waals surface area contributed by atoms with Crippen molar-refractivity contribution >= 4 is 17.7 Å². The summed E-state index contributed by atoms with van der Waals surface area (Å²) in [4.78, 5) is 18.8. The molecule has 2 aromatic rings. The lowest BCUT2D eigenvalue weighted by molar-refractivity contribution is 0.0300. The molecule has 1 aliphatic heterocycles. The van der Waals surface area contributed by atoms with Crippen LogP contribution in [0.15, 0.2) is 33.9 Å². The Labute approximate surface area is 132 Å². The van der Waals surface area contributed by atoms with Crippen molar-refractivity contribution in [1.82, 2.24) is 15.0 Å². The fourth-order valence-corrected chi connectivity index (χ4v) is 3.10. The normalized spacial score (nSPS) is 15.0. The van der Waals surface area contributed by atoms with Gasteiger partial charge in [0, 0.05) is 31.1 Å². The van der Waals surface area contributed by atoms with Crippen molar-refractivity contribution in [2.45, 2.75) is 17.7 Å². The zero-order valence-corrected chi connectivity index (χ0v) is 13.1.